The maximum Gasteiger partial charge on any atom is 0.252 e. The van der Waals surface area contributed by atoms with Crippen LogP contribution in [0.2, 0.25) is 0 Å². The number of nitrogens with one attached hydrogen (secondary N) is 1. The Bertz CT molecular complexity index is 406. The number of pyridine rings is 1. The molecule has 2 amide bonds. The molecule has 0 bridgehead atoms. The van der Waals surface area contributed by atoms with Crippen LogP contribution in [-0.2, 0) is 11.3 Å². The van der Waals surface area contributed by atoms with Crippen molar-refractivity contribution in [3.8, 4) is 0 Å². The predicted molar refractivity (Wildman–Crippen MR) is 58.3 cm³/mol. The highest BCUT2D eigenvalue weighted by Crippen LogP contribution is 2.01. The molecule has 0 spiro atoms. The second kappa shape index (κ2) is 5.22. The third-order valence-electron chi connectivity index (χ3n) is 2.06. The van der Waals surface area contributed by atoms with Crippen molar-refractivity contribution in [3.63, 3.8) is 0 Å². The van der Waals surface area contributed by atoms with Gasteiger partial charge in [-0.25, -0.2) is 0 Å². The highest BCUT2D eigenvalue weighted by atomic mass is 16.2. The Kier molecular flexibility index (Phi) is 3.96. The first kappa shape index (κ1) is 12.1. The van der Waals surface area contributed by atoms with Crippen molar-refractivity contribution >= 4 is 11.8 Å². The van der Waals surface area contributed by atoms with Gasteiger partial charge in [0.25, 0.3) is 5.91 Å². The first-order valence-corrected chi connectivity index (χ1v) is 4.79. The van der Waals surface area contributed by atoms with E-state index in [9.17, 15) is 9.59 Å². The molecular formula is C10H14N4O2. The van der Waals surface area contributed by atoms with Crippen LogP contribution in [0.4, 0.5) is 0 Å². The van der Waals surface area contributed by atoms with Gasteiger partial charge in [0.2, 0.25) is 5.91 Å². The topological polar surface area (TPSA) is 111 Å². The van der Waals surface area contributed by atoms with Crippen LogP contribution in [0.15, 0.2) is 18.3 Å². The van der Waals surface area contributed by atoms with Crippen LogP contribution in [-0.4, -0.2) is 22.8 Å². The summed E-state index contributed by atoms with van der Waals surface area (Å²) in [5.41, 5.74) is 11.4. The van der Waals surface area contributed by atoms with E-state index in [4.69, 9.17) is 11.5 Å². The van der Waals surface area contributed by atoms with E-state index in [1.54, 1.807) is 12.1 Å². The number of nitrogens with two attached hydrogens (primary N) is 2. The summed E-state index contributed by atoms with van der Waals surface area (Å²) in [6.07, 6.45) is 1.49. The molecule has 0 aromatic carbocycles. The molecule has 16 heavy (non-hydrogen) atoms. The van der Waals surface area contributed by atoms with Crippen LogP contribution >= 0.6 is 0 Å². The number of primary amides is 1. The Morgan fingerprint density at radius 1 is 1.56 bits per heavy atom. The minimum atomic E-state index is -0.706. The van der Waals surface area contributed by atoms with E-state index in [0.29, 0.717) is 11.3 Å². The average Bonchev–Trinajstić information content (AvgIpc) is 2.28. The number of hydrogen-bond donors (Lipinski definition) is 3. The Hall–Kier alpha value is -1.95. The van der Waals surface area contributed by atoms with Crippen LogP contribution < -0.4 is 16.8 Å². The zero-order valence-electron chi connectivity index (χ0n) is 8.93. The second-order valence-electron chi connectivity index (χ2n) is 3.34. The van der Waals surface area contributed by atoms with Crippen molar-refractivity contribution in [2.24, 2.45) is 11.5 Å². The smallest absolute Gasteiger partial charge is 0.252 e. The number of nitrogens with zero attached hydrogens (tertiary/aromatic N) is 1. The minimum absolute atomic E-state index is 0.256. The average molecular weight is 222 g/mol. The van der Waals surface area contributed by atoms with E-state index in [1.165, 1.54) is 13.1 Å². The van der Waals surface area contributed by atoms with Crippen LogP contribution in [0, 0.1) is 0 Å². The lowest BCUT2D eigenvalue weighted by Gasteiger charge is -2.10. The first-order chi connectivity index (χ1) is 7.54. The van der Waals surface area contributed by atoms with E-state index < -0.39 is 11.9 Å². The molecular weight excluding hydrogens is 208 g/mol. The molecule has 1 rings (SSSR count). The summed E-state index contributed by atoms with van der Waals surface area (Å²) in [6, 6.07) is 2.41. The fraction of sp³-hybridized carbons (Fsp3) is 0.300. The van der Waals surface area contributed by atoms with Crippen LogP contribution in [0.3, 0.4) is 0 Å². The van der Waals surface area contributed by atoms with Gasteiger partial charge in [-0.2, -0.15) is 0 Å². The van der Waals surface area contributed by atoms with Crippen molar-refractivity contribution in [2.75, 3.05) is 0 Å². The van der Waals surface area contributed by atoms with Gasteiger partial charge in [0.1, 0.15) is 6.04 Å². The third-order valence-corrected chi connectivity index (χ3v) is 2.06. The maximum atomic E-state index is 11.6. The summed E-state index contributed by atoms with van der Waals surface area (Å²) in [4.78, 5) is 26.4. The van der Waals surface area contributed by atoms with Crippen molar-refractivity contribution in [3.05, 3.63) is 29.6 Å². The number of carbonyl (C=O) groups is 2. The quantitative estimate of drug-likeness (QED) is 0.615. The number of rotatable bonds is 4. The van der Waals surface area contributed by atoms with E-state index in [1.807, 2.05) is 0 Å². The normalized spacial score (nSPS) is 11.9. The zero-order chi connectivity index (χ0) is 12.1. The number of hydrogen-bond acceptors (Lipinski definition) is 4. The molecule has 0 saturated carbocycles. The molecule has 0 aliphatic rings. The lowest BCUT2D eigenvalue weighted by molar-refractivity contribution is -0.119. The van der Waals surface area contributed by atoms with Gasteiger partial charge in [0.15, 0.2) is 0 Å². The molecule has 1 atom stereocenters. The highest BCUT2D eigenvalue weighted by Gasteiger charge is 2.13. The highest BCUT2D eigenvalue weighted by molar-refractivity contribution is 5.97. The summed E-state index contributed by atoms with van der Waals surface area (Å²) >= 11 is 0. The van der Waals surface area contributed by atoms with Crippen LogP contribution in [0.25, 0.3) is 0 Å². The van der Waals surface area contributed by atoms with Gasteiger partial charge in [-0.1, -0.05) is 0 Å². The molecule has 1 aromatic heterocycles. The molecule has 6 nitrogen and oxygen atoms in total. The minimum Gasteiger partial charge on any atom is -0.368 e. The van der Waals surface area contributed by atoms with Gasteiger partial charge in [0.05, 0.1) is 5.69 Å². The third kappa shape index (κ3) is 3.03. The van der Waals surface area contributed by atoms with Crippen LogP contribution in [0.1, 0.15) is 23.0 Å². The molecule has 86 valence electrons. The molecule has 5 N–H and O–H groups in total. The molecule has 6 heteroatoms. The Morgan fingerprint density at radius 2 is 2.25 bits per heavy atom. The second-order valence-corrected chi connectivity index (χ2v) is 3.34. The summed E-state index contributed by atoms with van der Waals surface area (Å²) in [5, 5.41) is 2.46. The van der Waals surface area contributed by atoms with E-state index >= 15 is 0 Å². The van der Waals surface area contributed by atoms with E-state index in [-0.39, 0.29) is 12.5 Å². The summed E-state index contributed by atoms with van der Waals surface area (Å²) in [6.45, 7) is 1.78. The van der Waals surface area contributed by atoms with Crippen LogP contribution in [0.5, 0.6) is 0 Å². The van der Waals surface area contributed by atoms with Crippen molar-refractivity contribution in [1.82, 2.24) is 10.3 Å². The lowest BCUT2D eigenvalue weighted by atomic mass is 10.2. The van der Waals surface area contributed by atoms with Crippen molar-refractivity contribution in [2.45, 2.75) is 19.5 Å². The Balaban J connectivity index is 2.76. The summed E-state index contributed by atoms with van der Waals surface area (Å²) in [5.74, 6) is -0.954. The van der Waals surface area contributed by atoms with Crippen molar-refractivity contribution < 1.29 is 9.59 Å². The number of amides is 2. The molecule has 0 aliphatic carbocycles. The number of carbonyl (C=O) groups excluding carboxylic acids is 2. The molecule has 0 aliphatic heterocycles. The fourth-order valence-corrected chi connectivity index (χ4v) is 1.08. The molecule has 1 aromatic rings. The summed E-state index contributed by atoms with van der Waals surface area (Å²) < 4.78 is 0. The molecule has 0 fully saturated rings. The first-order valence-electron chi connectivity index (χ1n) is 4.79. The molecule has 0 saturated heterocycles. The predicted octanol–water partition coefficient (Wildman–Crippen LogP) is -0.856. The van der Waals surface area contributed by atoms with Gasteiger partial charge < -0.3 is 16.8 Å². The largest absolute Gasteiger partial charge is 0.368 e. The van der Waals surface area contributed by atoms with Gasteiger partial charge >= 0.3 is 0 Å². The van der Waals surface area contributed by atoms with E-state index in [2.05, 4.69) is 10.3 Å². The SMILES string of the molecule is CC(NC(=O)c1ccnc(CN)c1)C(N)=O. The van der Waals surface area contributed by atoms with Gasteiger partial charge in [-0.15, -0.1) is 0 Å². The van der Waals surface area contributed by atoms with Gasteiger partial charge in [-0.3, -0.25) is 14.6 Å². The zero-order valence-corrected chi connectivity index (χ0v) is 8.93. The molecule has 1 unspecified atom stereocenters. The Labute approximate surface area is 93.0 Å². The number of aromatic nitrogens is 1. The standard InChI is InChI=1S/C10H14N4O2/c1-6(9(12)15)14-10(16)7-2-3-13-8(4-7)5-11/h2-4,6H,5,11H2,1H3,(H2,12,15)(H,14,16). The monoisotopic (exact) mass is 222 g/mol. The van der Waals surface area contributed by atoms with Gasteiger partial charge in [0, 0.05) is 18.3 Å². The molecule has 1 heterocycles. The molecule has 0 radical (unpaired) electrons. The van der Waals surface area contributed by atoms with Crippen molar-refractivity contribution in [1.29, 1.82) is 0 Å². The Morgan fingerprint density at radius 3 is 2.81 bits per heavy atom. The lowest BCUT2D eigenvalue weighted by Crippen LogP contribution is -2.42. The summed E-state index contributed by atoms with van der Waals surface area (Å²) in [7, 11) is 0. The fourth-order valence-electron chi connectivity index (χ4n) is 1.08. The van der Waals surface area contributed by atoms with Gasteiger partial charge in [-0.05, 0) is 19.1 Å². The maximum absolute atomic E-state index is 11.6. The van der Waals surface area contributed by atoms with E-state index in [0.717, 1.165) is 0 Å².